The summed E-state index contributed by atoms with van der Waals surface area (Å²) in [7, 11) is 0. The summed E-state index contributed by atoms with van der Waals surface area (Å²) in [5.74, 6) is -0.773. The van der Waals surface area contributed by atoms with E-state index in [4.69, 9.17) is 5.26 Å². The average Bonchev–Trinajstić information content (AvgIpc) is 2.42. The minimum Gasteiger partial charge on any atom is -0.332 e. The van der Waals surface area contributed by atoms with Gasteiger partial charge in [-0.05, 0) is 34.1 Å². The number of hydrogen-bond acceptors (Lipinski definition) is 5. The Hall–Kier alpha value is -2.53. The van der Waals surface area contributed by atoms with Crippen LogP contribution in [0.2, 0.25) is 0 Å². The number of benzene rings is 1. The number of aromatic nitrogens is 1. The highest BCUT2D eigenvalue weighted by molar-refractivity contribution is 9.10. The quantitative estimate of drug-likeness (QED) is 0.683. The van der Waals surface area contributed by atoms with Crippen molar-refractivity contribution in [1.82, 2.24) is 4.98 Å². The van der Waals surface area contributed by atoms with Gasteiger partial charge in [-0.3, -0.25) is 10.1 Å². The first-order chi connectivity index (χ1) is 9.51. The van der Waals surface area contributed by atoms with Crippen molar-refractivity contribution in [2.75, 3.05) is 5.32 Å². The molecule has 6 nitrogen and oxygen atoms in total. The summed E-state index contributed by atoms with van der Waals surface area (Å²) in [6.45, 7) is 0. The zero-order valence-electron chi connectivity index (χ0n) is 9.80. The second kappa shape index (κ2) is 5.63. The molecule has 0 unspecified atom stereocenters. The van der Waals surface area contributed by atoms with E-state index in [1.165, 1.54) is 24.4 Å². The standard InChI is InChI=1S/C12H6BrFN4O2/c13-8-4-11(18(19)20)12(16-6-8)17-10-2-1-7(5-15)3-9(10)14/h1-4,6H,(H,16,17). The number of halogens is 2. The van der Waals surface area contributed by atoms with Crippen LogP contribution in [0.3, 0.4) is 0 Å². The van der Waals surface area contributed by atoms with E-state index in [1.54, 1.807) is 6.07 Å². The van der Waals surface area contributed by atoms with Crippen molar-refractivity contribution in [2.45, 2.75) is 0 Å². The predicted molar refractivity (Wildman–Crippen MR) is 73.0 cm³/mol. The topological polar surface area (TPSA) is 91.8 Å². The van der Waals surface area contributed by atoms with Gasteiger partial charge in [-0.1, -0.05) is 0 Å². The van der Waals surface area contributed by atoms with E-state index < -0.39 is 10.7 Å². The first kappa shape index (κ1) is 13.9. The molecule has 0 radical (unpaired) electrons. The van der Waals surface area contributed by atoms with Crippen LogP contribution < -0.4 is 5.32 Å². The van der Waals surface area contributed by atoms with E-state index in [1.807, 2.05) is 0 Å². The predicted octanol–water partition coefficient (Wildman–Crippen LogP) is 3.51. The zero-order chi connectivity index (χ0) is 14.7. The molecular formula is C12H6BrFN4O2. The molecule has 0 aliphatic heterocycles. The SMILES string of the molecule is N#Cc1ccc(Nc2ncc(Br)cc2[N+](=O)[O-])c(F)c1. The highest BCUT2D eigenvalue weighted by Gasteiger charge is 2.17. The maximum absolute atomic E-state index is 13.7. The lowest BCUT2D eigenvalue weighted by Gasteiger charge is -2.07. The third-order valence-electron chi connectivity index (χ3n) is 2.38. The van der Waals surface area contributed by atoms with Gasteiger partial charge in [0.25, 0.3) is 0 Å². The van der Waals surface area contributed by atoms with Gasteiger partial charge < -0.3 is 5.32 Å². The van der Waals surface area contributed by atoms with Gasteiger partial charge in [-0.25, -0.2) is 9.37 Å². The van der Waals surface area contributed by atoms with E-state index in [2.05, 4.69) is 26.2 Å². The third kappa shape index (κ3) is 2.89. The zero-order valence-corrected chi connectivity index (χ0v) is 11.4. The molecule has 0 bridgehead atoms. The molecule has 8 heteroatoms. The fraction of sp³-hybridized carbons (Fsp3) is 0. The Labute approximate surface area is 121 Å². The molecular weight excluding hydrogens is 331 g/mol. The monoisotopic (exact) mass is 336 g/mol. The van der Waals surface area contributed by atoms with Crippen LogP contribution in [0.15, 0.2) is 34.9 Å². The summed E-state index contributed by atoms with van der Waals surface area (Å²) in [4.78, 5) is 14.1. The van der Waals surface area contributed by atoms with Crippen LogP contribution in [-0.2, 0) is 0 Å². The van der Waals surface area contributed by atoms with Crippen LogP contribution in [0, 0.1) is 27.3 Å². The van der Waals surface area contributed by atoms with E-state index in [0.717, 1.165) is 6.07 Å². The molecule has 0 saturated carbocycles. The maximum Gasteiger partial charge on any atom is 0.312 e. The largest absolute Gasteiger partial charge is 0.332 e. The van der Waals surface area contributed by atoms with E-state index in [9.17, 15) is 14.5 Å². The average molecular weight is 337 g/mol. The summed E-state index contributed by atoms with van der Waals surface area (Å²) in [6.07, 6.45) is 1.36. The lowest BCUT2D eigenvalue weighted by atomic mass is 10.2. The third-order valence-corrected chi connectivity index (χ3v) is 2.82. The molecule has 2 rings (SSSR count). The lowest BCUT2D eigenvalue weighted by Crippen LogP contribution is -2.01. The van der Waals surface area contributed by atoms with Crippen molar-refractivity contribution in [3.8, 4) is 6.07 Å². The maximum atomic E-state index is 13.7. The highest BCUT2D eigenvalue weighted by Crippen LogP contribution is 2.29. The molecule has 1 aromatic heterocycles. The Morgan fingerprint density at radius 1 is 1.45 bits per heavy atom. The van der Waals surface area contributed by atoms with Crippen LogP contribution in [0.25, 0.3) is 0 Å². The molecule has 0 amide bonds. The van der Waals surface area contributed by atoms with Crippen molar-refractivity contribution >= 4 is 33.1 Å². The van der Waals surface area contributed by atoms with Crippen molar-refractivity contribution in [2.24, 2.45) is 0 Å². The van der Waals surface area contributed by atoms with Crippen molar-refractivity contribution in [3.05, 3.63) is 56.4 Å². The summed E-state index contributed by atoms with van der Waals surface area (Å²) >= 11 is 3.08. The fourth-order valence-electron chi connectivity index (χ4n) is 1.48. The molecule has 0 fully saturated rings. The fourth-order valence-corrected chi connectivity index (χ4v) is 1.80. The molecule has 1 aromatic carbocycles. The number of hydrogen-bond donors (Lipinski definition) is 1. The van der Waals surface area contributed by atoms with Gasteiger partial charge in [0.15, 0.2) is 0 Å². The number of nitrogens with zero attached hydrogens (tertiary/aromatic N) is 3. The van der Waals surface area contributed by atoms with Gasteiger partial charge in [-0.15, -0.1) is 0 Å². The molecule has 1 heterocycles. The van der Waals surface area contributed by atoms with E-state index in [0.29, 0.717) is 4.47 Å². The van der Waals surface area contributed by atoms with E-state index in [-0.39, 0.29) is 22.8 Å². The van der Waals surface area contributed by atoms with Crippen molar-refractivity contribution in [1.29, 1.82) is 5.26 Å². The Morgan fingerprint density at radius 2 is 2.20 bits per heavy atom. The molecule has 1 N–H and O–H groups in total. The van der Waals surface area contributed by atoms with Gasteiger partial charge in [-0.2, -0.15) is 5.26 Å². The number of nitro groups is 1. The number of rotatable bonds is 3. The summed E-state index contributed by atoms with van der Waals surface area (Å²) in [5.41, 5.74) is -0.128. The Morgan fingerprint density at radius 3 is 2.80 bits per heavy atom. The molecule has 20 heavy (non-hydrogen) atoms. The number of nitriles is 1. The van der Waals surface area contributed by atoms with Crippen LogP contribution >= 0.6 is 15.9 Å². The van der Waals surface area contributed by atoms with Crippen LogP contribution in [0.5, 0.6) is 0 Å². The molecule has 0 atom stereocenters. The van der Waals surface area contributed by atoms with Crippen LogP contribution in [0.1, 0.15) is 5.56 Å². The van der Waals surface area contributed by atoms with Gasteiger partial charge >= 0.3 is 5.69 Å². The first-order valence-corrected chi connectivity index (χ1v) is 6.07. The number of nitrogens with one attached hydrogen (secondary N) is 1. The molecule has 2 aromatic rings. The molecule has 0 aliphatic rings. The van der Waals surface area contributed by atoms with Crippen LogP contribution in [-0.4, -0.2) is 9.91 Å². The van der Waals surface area contributed by atoms with Gasteiger partial charge in [0.1, 0.15) is 5.82 Å². The number of anilines is 2. The van der Waals surface area contributed by atoms with Crippen molar-refractivity contribution < 1.29 is 9.31 Å². The lowest BCUT2D eigenvalue weighted by molar-refractivity contribution is -0.384. The second-order valence-corrected chi connectivity index (χ2v) is 4.63. The molecule has 0 aliphatic carbocycles. The Kier molecular flexibility index (Phi) is 3.91. The number of pyridine rings is 1. The molecule has 0 saturated heterocycles. The minimum absolute atomic E-state index is 0.00178. The Balaban J connectivity index is 2.40. The highest BCUT2D eigenvalue weighted by atomic mass is 79.9. The van der Waals surface area contributed by atoms with Gasteiger partial charge in [0, 0.05) is 16.7 Å². The Bertz CT molecular complexity index is 730. The van der Waals surface area contributed by atoms with Crippen molar-refractivity contribution in [3.63, 3.8) is 0 Å². The normalized spacial score (nSPS) is 9.85. The molecule has 100 valence electrons. The summed E-state index contributed by atoms with van der Waals surface area (Å²) in [6, 6.07) is 6.81. The summed E-state index contributed by atoms with van der Waals surface area (Å²) < 4.78 is 14.2. The van der Waals surface area contributed by atoms with Gasteiger partial charge in [0.05, 0.1) is 22.2 Å². The molecule has 0 spiro atoms. The summed E-state index contributed by atoms with van der Waals surface area (Å²) in [5, 5.41) is 22.1. The van der Waals surface area contributed by atoms with Gasteiger partial charge in [0.2, 0.25) is 5.82 Å². The first-order valence-electron chi connectivity index (χ1n) is 5.28. The minimum atomic E-state index is -0.692. The van der Waals surface area contributed by atoms with Crippen LogP contribution in [0.4, 0.5) is 21.6 Å². The second-order valence-electron chi connectivity index (χ2n) is 3.71. The smallest absolute Gasteiger partial charge is 0.312 e. The van der Waals surface area contributed by atoms with E-state index >= 15 is 0 Å².